The van der Waals surface area contributed by atoms with E-state index in [-0.39, 0.29) is 5.56 Å². The number of fused-ring (bicyclic) bond motifs is 1. The maximum absolute atomic E-state index is 12.5. The van der Waals surface area contributed by atoms with E-state index in [1.54, 1.807) is 18.2 Å². The highest BCUT2D eigenvalue weighted by atomic mass is 16.3. The third-order valence-corrected chi connectivity index (χ3v) is 5.10. The quantitative estimate of drug-likeness (QED) is 0.712. The van der Waals surface area contributed by atoms with E-state index in [9.17, 15) is 14.7 Å². The van der Waals surface area contributed by atoms with Gasteiger partial charge in [-0.15, -0.1) is 0 Å². The summed E-state index contributed by atoms with van der Waals surface area (Å²) in [6.07, 6.45) is 1.58. The largest absolute Gasteiger partial charge is 0.494 e. The lowest BCUT2D eigenvalue weighted by Gasteiger charge is -2.12. The molecule has 6 heteroatoms. The zero-order valence-corrected chi connectivity index (χ0v) is 16.4. The summed E-state index contributed by atoms with van der Waals surface area (Å²) in [6, 6.07) is 14.9. The van der Waals surface area contributed by atoms with Crippen LogP contribution in [0.25, 0.3) is 17.3 Å². The Morgan fingerprint density at radius 1 is 1.07 bits per heavy atom. The summed E-state index contributed by atoms with van der Waals surface area (Å²) < 4.78 is 1.10. The van der Waals surface area contributed by atoms with E-state index in [2.05, 4.69) is 23.8 Å². The highest BCUT2D eigenvalue weighted by molar-refractivity contribution is 6.31. The van der Waals surface area contributed by atoms with Crippen LogP contribution in [-0.2, 0) is 0 Å². The van der Waals surface area contributed by atoms with Gasteiger partial charge in [0.05, 0.1) is 11.4 Å². The summed E-state index contributed by atoms with van der Waals surface area (Å²) in [4.78, 5) is 31.7. The Kier molecular flexibility index (Phi) is 4.54. The van der Waals surface area contributed by atoms with Crippen molar-refractivity contribution in [1.29, 1.82) is 0 Å². The molecule has 0 atom stereocenters. The van der Waals surface area contributed by atoms with Crippen LogP contribution in [0.2, 0.25) is 0 Å². The lowest BCUT2D eigenvalue weighted by atomic mass is 10.0. The number of para-hydroxylation sites is 1. The van der Waals surface area contributed by atoms with E-state index in [1.807, 2.05) is 43.3 Å². The second-order valence-electron chi connectivity index (χ2n) is 7.35. The molecule has 0 fully saturated rings. The predicted octanol–water partition coefficient (Wildman–Crippen LogP) is 4.00. The smallest absolute Gasteiger partial charge is 0.335 e. The van der Waals surface area contributed by atoms with Gasteiger partial charge in [0, 0.05) is 16.8 Å². The third-order valence-electron chi connectivity index (χ3n) is 5.10. The molecule has 0 spiro atoms. The van der Waals surface area contributed by atoms with Crippen LogP contribution in [0.5, 0.6) is 5.88 Å². The number of hydrogen-bond acceptors (Lipinski definition) is 4. The number of hydrogen-bond donors (Lipinski definition) is 2. The summed E-state index contributed by atoms with van der Waals surface area (Å²) in [5.74, 6) is -0.0596. The molecule has 2 aromatic carbocycles. The number of nitrogens with zero attached hydrogens (tertiary/aromatic N) is 2. The van der Waals surface area contributed by atoms with Crippen molar-refractivity contribution in [3.8, 4) is 11.6 Å². The molecule has 0 saturated heterocycles. The van der Waals surface area contributed by atoms with Crippen LogP contribution >= 0.6 is 0 Å². The number of nitrogens with one attached hydrogen (secondary N) is 1. The molecule has 1 aromatic heterocycles. The van der Waals surface area contributed by atoms with E-state index in [4.69, 9.17) is 0 Å². The van der Waals surface area contributed by atoms with Gasteiger partial charge in [-0.3, -0.25) is 14.8 Å². The van der Waals surface area contributed by atoms with Crippen molar-refractivity contribution in [2.75, 3.05) is 0 Å². The van der Waals surface area contributed by atoms with Crippen LogP contribution in [0, 0.1) is 0 Å². The molecule has 2 heterocycles. The summed E-state index contributed by atoms with van der Waals surface area (Å²) in [6.45, 7) is 6.00. The van der Waals surface area contributed by atoms with Gasteiger partial charge in [-0.25, -0.2) is 9.36 Å². The number of benzene rings is 2. The molecule has 0 radical (unpaired) electrons. The third kappa shape index (κ3) is 3.23. The molecule has 6 nitrogen and oxygen atoms in total. The molecule has 2 N–H and O–H groups in total. The average Bonchev–Trinajstić information content (AvgIpc) is 3.00. The fourth-order valence-corrected chi connectivity index (χ4v) is 3.48. The molecule has 4 rings (SSSR count). The summed E-state index contributed by atoms with van der Waals surface area (Å²) in [5, 5.41) is 10.8. The van der Waals surface area contributed by atoms with Gasteiger partial charge in [-0.1, -0.05) is 44.2 Å². The van der Waals surface area contributed by atoms with Crippen LogP contribution in [0.1, 0.15) is 43.4 Å². The Bertz CT molecular complexity index is 1280. The zero-order chi connectivity index (χ0) is 20.7. The zero-order valence-electron chi connectivity index (χ0n) is 16.4. The maximum Gasteiger partial charge on any atom is 0.335 e. The van der Waals surface area contributed by atoms with Crippen LogP contribution in [0.15, 0.2) is 63.1 Å². The van der Waals surface area contributed by atoms with Crippen molar-refractivity contribution in [2.24, 2.45) is 4.99 Å². The van der Waals surface area contributed by atoms with E-state index in [1.165, 1.54) is 0 Å². The van der Waals surface area contributed by atoms with E-state index in [0.717, 1.165) is 32.7 Å². The molecular weight excluding hydrogens is 366 g/mol. The predicted molar refractivity (Wildman–Crippen MR) is 115 cm³/mol. The summed E-state index contributed by atoms with van der Waals surface area (Å²) >= 11 is 0. The Balaban J connectivity index is 1.89. The Hall–Kier alpha value is -3.67. The average molecular weight is 387 g/mol. The van der Waals surface area contributed by atoms with Gasteiger partial charge in [0.1, 0.15) is 5.56 Å². The van der Waals surface area contributed by atoms with Gasteiger partial charge in [0.2, 0.25) is 5.88 Å². The Morgan fingerprint density at radius 3 is 2.45 bits per heavy atom. The number of aromatic nitrogens is 2. The fraction of sp³-hybridized carbons (Fsp3) is 0.174. The van der Waals surface area contributed by atoms with Gasteiger partial charge < -0.3 is 5.11 Å². The summed E-state index contributed by atoms with van der Waals surface area (Å²) in [7, 11) is 0. The normalized spacial score (nSPS) is 14.3. The number of aliphatic imine (C=N–C) groups is 1. The minimum absolute atomic E-state index is 0.0128. The first kappa shape index (κ1) is 18.7. The number of aromatic hydroxyl groups is 1. The number of rotatable bonds is 3. The van der Waals surface area contributed by atoms with Crippen molar-refractivity contribution in [3.63, 3.8) is 0 Å². The van der Waals surface area contributed by atoms with Crippen LogP contribution in [0.4, 0.5) is 5.69 Å². The second-order valence-corrected chi connectivity index (χ2v) is 7.35. The van der Waals surface area contributed by atoms with E-state index >= 15 is 0 Å². The molecule has 3 aromatic rings. The van der Waals surface area contributed by atoms with Crippen molar-refractivity contribution >= 4 is 23.0 Å². The van der Waals surface area contributed by atoms with E-state index < -0.39 is 17.1 Å². The summed E-state index contributed by atoms with van der Waals surface area (Å²) in [5.41, 5.74) is 3.43. The second kappa shape index (κ2) is 7.05. The molecule has 0 bridgehead atoms. The maximum atomic E-state index is 12.5. The van der Waals surface area contributed by atoms with Crippen molar-refractivity contribution in [1.82, 2.24) is 9.55 Å². The van der Waals surface area contributed by atoms with Crippen molar-refractivity contribution in [3.05, 3.63) is 86.1 Å². The highest BCUT2D eigenvalue weighted by Gasteiger charge is 2.20. The number of allylic oxidation sites excluding steroid dienone is 1. The van der Waals surface area contributed by atoms with Gasteiger partial charge in [0.25, 0.3) is 5.56 Å². The van der Waals surface area contributed by atoms with Crippen LogP contribution in [0.3, 0.4) is 0 Å². The van der Waals surface area contributed by atoms with Crippen molar-refractivity contribution in [2.45, 2.75) is 26.7 Å². The number of aromatic amines is 1. The molecule has 1 aliphatic rings. The SMILES string of the molecule is CC1=Nc2ccccc2/C1=C\c1c(O)n(-c2ccc(C(C)C)cc2)c(=O)[nH]c1=O. The topological polar surface area (TPSA) is 87.4 Å². The Morgan fingerprint density at radius 2 is 1.76 bits per heavy atom. The fourth-order valence-electron chi connectivity index (χ4n) is 3.48. The van der Waals surface area contributed by atoms with Crippen molar-refractivity contribution < 1.29 is 5.11 Å². The lowest BCUT2D eigenvalue weighted by Crippen LogP contribution is -2.30. The molecule has 0 saturated carbocycles. The molecule has 29 heavy (non-hydrogen) atoms. The van der Waals surface area contributed by atoms with Gasteiger partial charge in [-0.2, -0.15) is 0 Å². The minimum atomic E-state index is -0.691. The molecular formula is C23H21N3O3. The lowest BCUT2D eigenvalue weighted by molar-refractivity contribution is 0.429. The molecule has 0 aliphatic carbocycles. The molecule has 0 unspecified atom stereocenters. The van der Waals surface area contributed by atoms with E-state index in [0.29, 0.717) is 11.6 Å². The monoisotopic (exact) mass is 387 g/mol. The standard InChI is InChI=1S/C23H21N3O3/c1-13(2)15-8-10-16(11-9-15)26-22(28)19(21(27)25-23(26)29)12-18-14(3)24-20-7-5-4-6-17(18)20/h4-13,28H,1-3H3,(H,25,27,29)/b18-12-. The van der Waals surface area contributed by atoms with Gasteiger partial charge in [-0.05, 0) is 42.7 Å². The molecule has 1 aliphatic heterocycles. The minimum Gasteiger partial charge on any atom is -0.494 e. The molecule has 146 valence electrons. The first-order chi connectivity index (χ1) is 13.9. The van der Waals surface area contributed by atoms with Gasteiger partial charge in [0.15, 0.2) is 0 Å². The van der Waals surface area contributed by atoms with Gasteiger partial charge >= 0.3 is 5.69 Å². The molecule has 0 amide bonds. The highest BCUT2D eigenvalue weighted by Crippen LogP contribution is 2.36. The first-order valence-electron chi connectivity index (χ1n) is 9.42. The Labute approximate surface area is 167 Å². The number of H-pyrrole nitrogens is 1. The van der Waals surface area contributed by atoms with Crippen LogP contribution in [-0.4, -0.2) is 20.4 Å². The van der Waals surface area contributed by atoms with Crippen LogP contribution < -0.4 is 11.2 Å². The first-order valence-corrected chi connectivity index (χ1v) is 9.42.